The molecule has 0 aromatic heterocycles. The molecular weight excluding hydrogens is 292 g/mol. The SMILES string of the molecule is COc1cc(C[N+](=O)[O-])cc(NC(=O)OC(C)(C)C)c1OC. The van der Waals surface area contributed by atoms with E-state index in [0.29, 0.717) is 5.56 Å². The van der Waals surface area contributed by atoms with Crippen LogP contribution in [0.1, 0.15) is 26.3 Å². The van der Waals surface area contributed by atoms with Crippen LogP contribution in [0.4, 0.5) is 10.5 Å². The van der Waals surface area contributed by atoms with Gasteiger partial charge < -0.3 is 14.2 Å². The number of nitro groups is 1. The van der Waals surface area contributed by atoms with Crippen LogP contribution < -0.4 is 14.8 Å². The number of nitrogens with zero attached hydrogens (tertiary/aromatic N) is 1. The predicted molar refractivity (Wildman–Crippen MR) is 80.1 cm³/mol. The van der Waals surface area contributed by atoms with Crippen molar-refractivity contribution in [1.82, 2.24) is 0 Å². The van der Waals surface area contributed by atoms with Crippen molar-refractivity contribution in [1.29, 1.82) is 0 Å². The minimum absolute atomic E-state index is 0.243. The highest BCUT2D eigenvalue weighted by molar-refractivity contribution is 5.88. The van der Waals surface area contributed by atoms with Gasteiger partial charge in [-0.15, -0.1) is 0 Å². The lowest BCUT2D eigenvalue weighted by molar-refractivity contribution is -0.496. The van der Waals surface area contributed by atoms with Crippen molar-refractivity contribution in [2.24, 2.45) is 0 Å². The molecular formula is C14H20N2O6. The summed E-state index contributed by atoms with van der Waals surface area (Å²) in [6.45, 7) is 4.79. The van der Waals surface area contributed by atoms with E-state index in [2.05, 4.69) is 5.32 Å². The van der Waals surface area contributed by atoms with Crippen molar-refractivity contribution < 1.29 is 23.9 Å². The topological polar surface area (TPSA) is 99.9 Å². The molecule has 22 heavy (non-hydrogen) atoms. The van der Waals surface area contributed by atoms with Crippen molar-refractivity contribution in [3.05, 3.63) is 27.8 Å². The Labute approximate surface area is 128 Å². The van der Waals surface area contributed by atoms with Crippen LogP contribution in [0.15, 0.2) is 12.1 Å². The molecule has 1 N–H and O–H groups in total. The van der Waals surface area contributed by atoms with Gasteiger partial charge in [-0.1, -0.05) is 0 Å². The molecule has 0 atom stereocenters. The van der Waals surface area contributed by atoms with Gasteiger partial charge in [-0.3, -0.25) is 15.4 Å². The van der Waals surface area contributed by atoms with Crippen molar-refractivity contribution in [2.45, 2.75) is 32.9 Å². The predicted octanol–water partition coefficient (Wildman–Crippen LogP) is 2.83. The Balaban J connectivity index is 3.14. The number of hydrogen-bond donors (Lipinski definition) is 1. The summed E-state index contributed by atoms with van der Waals surface area (Å²) in [6.07, 6.45) is -0.689. The number of rotatable bonds is 5. The number of amides is 1. The molecule has 0 unspecified atom stereocenters. The van der Waals surface area contributed by atoms with E-state index in [0.717, 1.165) is 0 Å². The monoisotopic (exact) mass is 312 g/mol. The van der Waals surface area contributed by atoms with Crippen LogP contribution in [0.25, 0.3) is 0 Å². The molecule has 0 fully saturated rings. The summed E-state index contributed by atoms with van der Waals surface area (Å²) in [5, 5.41) is 13.2. The first-order chi connectivity index (χ1) is 10.2. The maximum absolute atomic E-state index is 11.9. The third-order valence-corrected chi connectivity index (χ3v) is 2.49. The Morgan fingerprint density at radius 2 is 1.91 bits per heavy atom. The lowest BCUT2D eigenvalue weighted by Crippen LogP contribution is -2.27. The zero-order chi connectivity index (χ0) is 16.9. The molecule has 0 radical (unpaired) electrons. The van der Waals surface area contributed by atoms with Gasteiger partial charge in [0.1, 0.15) is 5.60 Å². The van der Waals surface area contributed by atoms with Gasteiger partial charge in [-0.05, 0) is 32.9 Å². The Morgan fingerprint density at radius 3 is 2.36 bits per heavy atom. The van der Waals surface area contributed by atoms with E-state index < -0.39 is 23.2 Å². The van der Waals surface area contributed by atoms with Gasteiger partial charge in [0, 0.05) is 10.5 Å². The molecule has 0 heterocycles. The normalized spacial score (nSPS) is 10.8. The maximum atomic E-state index is 11.9. The molecule has 8 nitrogen and oxygen atoms in total. The van der Waals surface area contributed by atoms with E-state index in [4.69, 9.17) is 14.2 Å². The van der Waals surface area contributed by atoms with E-state index in [9.17, 15) is 14.9 Å². The molecule has 0 aliphatic rings. The van der Waals surface area contributed by atoms with Gasteiger partial charge in [-0.2, -0.15) is 0 Å². The first-order valence-corrected chi connectivity index (χ1v) is 6.53. The molecule has 0 spiro atoms. The average molecular weight is 312 g/mol. The number of methoxy groups -OCH3 is 2. The Bertz CT molecular complexity index is 565. The molecule has 0 aliphatic heterocycles. The smallest absolute Gasteiger partial charge is 0.412 e. The first kappa shape index (κ1) is 17.5. The van der Waals surface area contributed by atoms with Crippen molar-refractivity contribution >= 4 is 11.8 Å². The molecule has 122 valence electrons. The second kappa shape index (κ2) is 6.97. The zero-order valence-corrected chi connectivity index (χ0v) is 13.3. The summed E-state index contributed by atoms with van der Waals surface area (Å²) in [7, 11) is 2.82. The van der Waals surface area contributed by atoms with E-state index >= 15 is 0 Å². The fourth-order valence-corrected chi connectivity index (χ4v) is 1.77. The maximum Gasteiger partial charge on any atom is 0.412 e. The summed E-state index contributed by atoms with van der Waals surface area (Å²) in [5.74, 6) is 0.549. The molecule has 8 heteroatoms. The summed E-state index contributed by atoms with van der Waals surface area (Å²) in [6, 6.07) is 2.94. The third-order valence-electron chi connectivity index (χ3n) is 2.49. The highest BCUT2D eigenvalue weighted by Crippen LogP contribution is 2.37. The number of carbonyl (C=O) groups is 1. The van der Waals surface area contributed by atoms with Crippen LogP contribution >= 0.6 is 0 Å². The Morgan fingerprint density at radius 1 is 1.27 bits per heavy atom. The van der Waals surface area contributed by atoms with E-state index in [1.54, 1.807) is 20.8 Å². The summed E-state index contributed by atoms with van der Waals surface area (Å²) < 4.78 is 15.5. The fourth-order valence-electron chi connectivity index (χ4n) is 1.77. The number of hydrogen-bond acceptors (Lipinski definition) is 6. The molecule has 1 aromatic carbocycles. The number of carbonyl (C=O) groups excluding carboxylic acids is 1. The zero-order valence-electron chi connectivity index (χ0n) is 13.3. The van der Waals surface area contributed by atoms with E-state index in [-0.39, 0.29) is 17.2 Å². The van der Waals surface area contributed by atoms with Crippen molar-refractivity contribution in [2.75, 3.05) is 19.5 Å². The van der Waals surface area contributed by atoms with Crippen molar-refractivity contribution in [3.8, 4) is 11.5 Å². The highest BCUT2D eigenvalue weighted by Gasteiger charge is 2.20. The van der Waals surface area contributed by atoms with Gasteiger partial charge in [0.25, 0.3) is 0 Å². The second-order valence-corrected chi connectivity index (χ2v) is 5.50. The number of ether oxygens (including phenoxy) is 3. The second-order valence-electron chi connectivity index (χ2n) is 5.50. The van der Waals surface area contributed by atoms with Gasteiger partial charge in [-0.25, -0.2) is 4.79 Å². The van der Waals surface area contributed by atoms with Gasteiger partial charge >= 0.3 is 6.09 Å². The van der Waals surface area contributed by atoms with Crippen LogP contribution in [0, 0.1) is 10.1 Å². The molecule has 0 aliphatic carbocycles. The van der Waals surface area contributed by atoms with Gasteiger partial charge in [0.15, 0.2) is 11.5 Å². The number of benzene rings is 1. The summed E-state index contributed by atoms with van der Waals surface area (Å²) in [5.41, 5.74) is -0.0542. The summed E-state index contributed by atoms with van der Waals surface area (Å²) >= 11 is 0. The molecule has 1 rings (SSSR count). The average Bonchev–Trinajstić information content (AvgIpc) is 2.34. The third kappa shape index (κ3) is 5.12. The minimum Gasteiger partial charge on any atom is -0.493 e. The Hall–Kier alpha value is -2.51. The number of nitrogens with one attached hydrogen (secondary N) is 1. The Kier molecular flexibility index (Phi) is 5.56. The molecule has 1 aromatic rings. The van der Waals surface area contributed by atoms with Gasteiger partial charge in [0.2, 0.25) is 6.54 Å². The summed E-state index contributed by atoms with van der Waals surface area (Å²) in [4.78, 5) is 22.1. The molecule has 0 bridgehead atoms. The largest absolute Gasteiger partial charge is 0.493 e. The standard InChI is InChI=1S/C14H20N2O6/c1-14(2,3)22-13(17)15-10-6-9(8-16(18)19)7-11(20-4)12(10)21-5/h6-7H,8H2,1-5H3,(H,15,17). The number of anilines is 1. The lowest BCUT2D eigenvalue weighted by Gasteiger charge is -2.21. The van der Waals surface area contributed by atoms with Crippen LogP contribution in [0.2, 0.25) is 0 Å². The van der Waals surface area contributed by atoms with Crippen molar-refractivity contribution in [3.63, 3.8) is 0 Å². The fraction of sp³-hybridized carbons (Fsp3) is 0.500. The van der Waals surface area contributed by atoms with Gasteiger partial charge in [0.05, 0.1) is 19.9 Å². The lowest BCUT2D eigenvalue weighted by atomic mass is 10.1. The van der Waals surface area contributed by atoms with Crippen LogP contribution in [0.3, 0.4) is 0 Å². The van der Waals surface area contributed by atoms with Crippen LogP contribution in [0.5, 0.6) is 11.5 Å². The molecule has 0 saturated heterocycles. The quantitative estimate of drug-likeness (QED) is 0.663. The van der Waals surface area contributed by atoms with E-state index in [1.165, 1.54) is 26.4 Å². The van der Waals surface area contributed by atoms with E-state index in [1.807, 2.05) is 0 Å². The molecule has 1 amide bonds. The van der Waals surface area contributed by atoms with Crippen LogP contribution in [-0.2, 0) is 11.3 Å². The first-order valence-electron chi connectivity index (χ1n) is 6.53. The van der Waals surface area contributed by atoms with Crippen LogP contribution in [-0.4, -0.2) is 30.8 Å². The minimum atomic E-state index is -0.689. The molecule has 0 saturated carbocycles. The highest BCUT2D eigenvalue weighted by atomic mass is 16.6.